The number of hydrogen-bond acceptors (Lipinski definition) is 8. The molecular formula is C40H55FN6O5S. The van der Waals surface area contributed by atoms with Gasteiger partial charge in [0.05, 0.1) is 33.9 Å². The number of nitrogens with two attached hydrogens (primary N) is 1. The van der Waals surface area contributed by atoms with Crippen LogP contribution in [0.15, 0.2) is 48.0 Å². The second-order valence-corrected chi connectivity index (χ2v) is 15.9. The molecule has 0 aliphatic carbocycles. The fourth-order valence-electron chi connectivity index (χ4n) is 6.58. The molecular weight excluding hydrogens is 696 g/mol. The van der Waals surface area contributed by atoms with Gasteiger partial charge >= 0.3 is 0 Å². The molecule has 1 saturated heterocycles. The van der Waals surface area contributed by atoms with Crippen LogP contribution in [-0.2, 0) is 25.6 Å². The highest BCUT2D eigenvalue weighted by Gasteiger charge is 2.44. The van der Waals surface area contributed by atoms with Crippen LogP contribution in [0.4, 0.5) is 10.1 Å². The van der Waals surface area contributed by atoms with Crippen molar-refractivity contribution in [3.8, 4) is 10.4 Å². The summed E-state index contributed by atoms with van der Waals surface area (Å²) in [6.45, 7) is 9.95. The summed E-state index contributed by atoms with van der Waals surface area (Å²) < 4.78 is 15.0. The molecule has 2 heterocycles. The Balaban J connectivity index is 1.27. The lowest BCUT2D eigenvalue weighted by Crippen LogP contribution is -2.57. The van der Waals surface area contributed by atoms with Gasteiger partial charge in [-0.15, -0.1) is 11.3 Å². The standard InChI is InChI=1S/C40H55FN6O5S/c1-25(27-17-19-29(20-18-27)36-26(2)44-24-53-36)45-38(51)32-22-30(48)23-47(32)39(52)37(40(3,4)5)46-34(50)16-8-6-7-12-28-13-11-14-31(35(28)41)43-21-10-9-15-33(42)49/h11,13-14,17-20,24-25,30,32,37,43,48H,6-10,12,15-16,21-23H2,1-5H3,(H2,42,49)(H,45,51)(H,46,50)/t25-,30+,32-,37+/m0/s1. The first-order valence-corrected chi connectivity index (χ1v) is 19.4. The molecule has 53 heavy (non-hydrogen) atoms. The third-order valence-corrected chi connectivity index (χ3v) is 10.6. The van der Waals surface area contributed by atoms with Crippen LogP contribution >= 0.6 is 11.3 Å². The van der Waals surface area contributed by atoms with Gasteiger partial charge in [0.1, 0.15) is 17.9 Å². The summed E-state index contributed by atoms with van der Waals surface area (Å²) in [5.74, 6) is -1.68. The van der Waals surface area contributed by atoms with Gasteiger partial charge < -0.3 is 31.7 Å². The maximum atomic E-state index is 15.0. The van der Waals surface area contributed by atoms with Gasteiger partial charge in [0.15, 0.2) is 0 Å². The van der Waals surface area contributed by atoms with Crippen molar-refractivity contribution < 1.29 is 28.7 Å². The lowest BCUT2D eigenvalue weighted by Gasteiger charge is -2.35. The average molecular weight is 751 g/mol. The summed E-state index contributed by atoms with van der Waals surface area (Å²) in [5, 5.41) is 19.6. The summed E-state index contributed by atoms with van der Waals surface area (Å²) in [7, 11) is 0. The Kier molecular flexibility index (Phi) is 14.9. The lowest BCUT2D eigenvalue weighted by atomic mass is 9.85. The van der Waals surface area contributed by atoms with Crippen molar-refractivity contribution in [2.45, 2.75) is 117 Å². The number of aryl methyl sites for hydroxylation is 2. The van der Waals surface area contributed by atoms with E-state index in [0.717, 1.165) is 21.7 Å². The van der Waals surface area contributed by atoms with E-state index in [0.29, 0.717) is 62.7 Å². The van der Waals surface area contributed by atoms with Crippen molar-refractivity contribution in [1.82, 2.24) is 20.5 Å². The number of hydrogen-bond donors (Lipinski definition) is 5. The molecule has 0 spiro atoms. The van der Waals surface area contributed by atoms with E-state index in [2.05, 4.69) is 20.9 Å². The van der Waals surface area contributed by atoms with E-state index in [1.165, 1.54) is 4.90 Å². The molecule has 288 valence electrons. The molecule has 6 N–H and O–H groups in total. The number of likely N-dealkylation sites (tertiary alicyclic amines) is 1. The van der Waals surface area contributed by atoms with Gasteiger partial charge in [-0.3, -0.25) is 19.2 Å². The maximum Gasteiger partial charge on any atom is 0.246 e. The quantitative estimate of drug-likeness (QED) is 0.103. The van der Waals surface area contributed by atoms with Crippen LogP contribution in [0.2, 0.25) is 0 Å². The number of β-amino-alcohol motifs (C(OH)–C–C–N with tert-alkyl or cyclic N) is 1. The Bertz CT molecular complexity index is 1710. The predicted octanol–water partition coefficient (Wildman–Crippen LogP) is 5.80. The number of aliphatic hydroxyl groups excluding tert-OH is 1. The molecule has 2 aromatic carbocycles. The monoisotopic (exact) mass is 750 g/mol. The molecule has 1 aliphatic heterocycles. The largest absolute Gasteiger partial charge is 0.391 e. The number of benzene rings is 2. The second-order valence-electron chi connectivity index (χ2n) is 15.1. The Morgan fingerprint density at radius 2 is 1.74 bits per heavy atom. The first-order valence-electron chi connectivity index (χ1n) is 18.5. The molecule has 13 heteroatoms. The molecule has 0 radical (unpaired) electrons. The Morgan fingerprint density at radius 1 is 1.02 bits per heavy atom. The summed E-state index contributed by atoms with van der Waals surface area (Å²) in [6.07, 6.45) is 3.55. The highest BCUT2D eigenvalue weighted by molar-refractivity contribution is 7.13. The molecule has 1 fully saturated rings. The van der Waals surface area contributed by atoms with Crippen LogP contribution in [0.25, 0.3) is 10.4 Å². The van der Waals surface area contributed by atoms with Gasteiger partial charge in [-0.25, -0.2) is 9.37 Å². The summed E-state index contributed by atoms with van der Waals surface area (Å²) in [5.41, 5.74) is 10.3. The minimum atomic E-state index is -0.907. The number of aliphatic hydroxyl groups is 1. The minimum Gasteiger partial charge on any atom is -0.391 e. The molecule has 0 saturated carbocycles. The molecule has 1 aliphatic rings. The predicted molar refractivity (Wildman–Crippen MR) is 206 cm³/mol. The SMILES string of the molecule is Cc1ncsc1-c1ccc([C@H](C)NC(=O)[C@@H]2C[C@@H](O)CN2C(=O)[C@@H](NC(=O)CCCCCc2cccc(NCCCCC(N)=O)c2F)C(C)(C)C)cc1. The highest BCUT2D eigenvalue weighted by Crippen LogP contribution is 2.30. The molecule has 4 atom stereocenters. The smallest absolute Gasteiger partial charge is 0.246 e. The fourth-order valence-corrected chi connectivity index (χ4v) is 7.39. The number of aromatic nitrogens is 1. The van der Waals surface area contributed by atoms with Crippen LogP contribution in [-0.4, -0.2) is 69.9 Å². The maximum absolute atomic E-state index is 15.0. The Hall–Kier alpha value is -4.36. The zero-order valence-electron chi connectivity index (χ0n) is 31.5. The van der Waals surface area contributed by atoms with Crippen LogP contribution in [0.3, 0.4) is 0 Å². The Labute approximate surface area is 316 Å². The molecule has 1 aromatic heterocycles. The normalized spacial score (nSPS) is 16.9. The first-order chi connectivity index (χ1) is 25.1. The van der Waals surface area contributed by atoms with Gasteiger partial charge in [0.2, 0.25) is 23.6 Å². The lowest BCUT2D eigenvalue weighted by molar-refractivity contribution is -0.144. The number of nitrogens with zero attached hydrogens (tertiary/aromatic N) is 2. The third kappa shape index (κ3) is 11.8. The third-order valence-electron chi connectivity index (χ3n) is 9.65. The summed E-state index contributed by atoms with van der Waals surface area (Å²) in [4.78, 5) is 58.4. The van der Waals surface area contributed by atoms with Crippen molar-refractivity contribution in [2.75, 3.05) is 18.4 Å². The first kappa shape index (κ1) is 41.4. The van der Waals surface area contributed by atoms with Gasteiger partial charge in [0.25, 0.3) is 0 Å². The van der Waals surface area contributed by atoms with Gasteiger partial charge in [0, 0.05) is 32.4 Å². The average Bonchev–Trinajstić information content (AvgIpc) is 3.72. The van der Waals surface area contributed by atoms with Gasteiger partial charge in [-0.1, -0.05) is 63.6 Å². The van der Waals surface area contributed by atoms with E-state index in [-0.39, 0.29) is 49.0 Å². The number of anilines is 1. The number of thiazole rings is 1. The van der Waals surface area contributed by atoms with Crippen LogP contribution in [0.5, 0.6) is 0 Å². The van der Waals surface area contributed by atoms with Crippen molar-refractivity contribution in [2.24, 2.45) is 11.1 Å². The highest BCUT2D eigenvalue weighted by atomic mass is 32.1. The van der Waals surface area contributed by atoms with Gasteiger partial charge in [-0.2, -0.15) is 0 Å². The van der Waals surface area contributed by atoms with Crippen molar-refractivity contribution in [1.29, 1.82) is 0 Å². The van der Waals surface area contributed by atoms with Crippen molar-refractivity contribution in [3.05, 3.63) is 70.6 Å². The van der Waals surface area contributed by atoms with E-state index in [1.54, 1.807) is 29.5 Å². The zero-order valence-corrected chi connectivity index (χ0v) is 32.4. The fraction of sp³-hybridized carbons (Fsp3) is 0.525. The van der Waals surface area contributed by atoms with Crippen molar-refractivity contribution in [3.63, 3.8) is 0 Å². The van der Waals surface area contributed by atoms with Crippen LogP contribution in [0, 0.1) is 18.2 Å². The number of amides is 4. The van der Waals surface area contributed by atoms with Crippen LogP contribution < -0.4 is 21.7 Å². The molecule has 11 nitrogen and oxygen atoms in total. The number of nitrogens with one attached hydrogen (secondary N) is 3. The second kappa shape index (κ2) is 19.1. The topological polar surface area (TPSA) is 167 Å². The zero-order chi connectivity index (χ0) is 38.7. The number of rotatable bonds is 18. The van der Waals surface area contributed by atoms with Crippen LogP contribution in [0.1, 0.15) is 102 Å². The number of carbonyl (C=O) groups is 4. The number of halogens is 1. The van der Waals surface area contributed by atoms with Crippen molar-refractivity contribution >= 4 is 40.7 Å². The molecule has 4 amide bonds. The van der Waals surface area contributed by atoms with E-state index in [4.69, 9.17) is 5.73 Å². The number of unbranched alkanes of at least 4 members (excludes halogenated alkanes) is 3. The summed E-state index contributed by atoms with van der Waals surface area (Å²) in [6, 6.07) is 11.1. The number of primary amides is 1. The number of carbonyl (C=O) groups excluding carboxylic acids is 4. The minimum absolute atomic E-state index is 0.000771. The molecule has 3 aromatic rings. The molecule has 0 bridgehead atoms. The van der Waals surface area contributed by atoms with E-state index >= 15 is 4.39 Å². The van der Waals surface area contributed by atoms with E-state index < -0.39 is 29.5 Å². The van der Waals surface area contributed by atoms with Gasteiger partial charge in [-0.05, 0) is 74.1 Å². The summed E-state index contributed by atoms with van der Waals surface area (Å²) >= 11 is 1.57. The molecule has 4 rings (SSSR count). The Morgan fingerprint density at radius 3 is 2.40 bits per heavy atom. The van der Waals surface area contributed by atoms with E-state index in [1.807, 2.05) is 64.4 Å². The molecule has 0 unspecified atom stereocenters. The van der Waals surface area contributed by atoms with E-state index in [9.17, 15) is 24.3 Å².